The summed E-state index contributed by atoms with van der Waals surface area (Å²) < 4.78 is 43.8. The number of carbonyl (C=O) groups is 2. The van der Waals surface area contributed by atoms with Crippen LogP contribution in [0.5, 0.6) is 0 Å². The van der Waals surface area contributed by atoms with E-state index in [-0.39, 0.29) is 13.2 Å². The minimum Gasteiger partial charge on any atom is -0.464 e. The third kappa shape index (κ3) is 4.63. The molecule has 2 aromatic carbocycles. The van der Waals surface area contributed by atoms with Gasteiger partial charge in [-0.3, -0.25) is 0 Å². The van der Waals surface area contributed by atoms with Crippen LogP contribution >= 0.6 is 11.6 Å². The first-order valence-electron chi connectivity index (χ1n) is 10.4. The topological polar surface area (TPSA) is 99.2 Å². The number of benzene rings is 2. The monoisotopic (exact) mass is 495 g/mol. The molecule has 178 valence electrons. The van der Waals surface area contributed by atoms with Gasteiger partial charge in [-0.1, -0.05) is 53.6 Å². The zero-order valence-electron chi connectivity index (χ0n) is 18.8. The maximum Gasteiger partial charge on any atom is 0.342 e. The predicted molar refractivity (Wildman–Crippen MR) is 122 cm³/mol. The van der Waals surface area contributed by atoms with Crippen LogP contribution in [0.3, 0.4) is 0 Å². The third-order valence-corrected chi connectivity index (χ3v) is 6.68. The lowest BCUT2D eigenvalue weighted by atomic mass is 9.87. The summed E-state index contributed by atoms with van der Waals surface area (Å²) >= 11 is 6.01. The molecule has 0 spiro atoms. The molecule has 1 fully saturated rings. The van der Waals surface area contributed by atoms with Crippen molar-refractivity contribution in [1.82, 2.24) is 4.31 Å². The van der Waals surface area contributed by atoms with Crippen molar-refractivity contribution in [2.45, 2.75) is 38.6 Å². The van der Waals surface area contributed by atoms with Crippen LogP contribution in [0, 0.1) is 6.92 Å². The normalized spacial score (nSPS) is 20.4. The van der Waals surface area contributed by atoms with Crippen molar-refractivity contribution < 1.29 is 32.2 Å². The van der Waals surface area contributed by atoms with Crippen molar-refractivity contribution in [2.75, 3.05) is 19.5 Å². The molecule has 0 aromatic heterocycles. The van der Waals surface area contributed by atoms with E-state index in [0.717, 1.165) is 16.1 Å². The molecule has 0 amide bonds. The molecular formula is C23H26ClNO7S. The van der Waals surface area contributed by atoms with E-state index in [9.17, 15) is 18.0 Å². The lowest BCUT2D eigenvalue weighted by Gasteiger charge is -2.35. The van der Waals surface area contributed by atoms with Gasteiger partial charge < -0.3 is 14.2 Å². The number of sulfonamides is 1. The van der Waals surface area contributed by atoms with Gasteiger partial charge in [-0.05, 0) is 44.0 Å². The van der Waals surface area contributed by atoms with Crippen LogP contribution in [0.1, 0.15) is 42.9 Å². The molecule has 2 aromatic rings. The minimum absolute atomic E-state index is 0.0796. The highest BCUT2D eigenvalue weighted by atomic mass is 35.5. The number of nitrogens with zero attached hydrogens (tertiary/aromatic N) is 1. The summed E-state index contributed by atoms with van der Waals surface area (Å²) in [6.45, 7) is 4.80. The lowest BCUT2D eigenvalue weighted by molar-refractivity contribution is -0.172. The van der Waals surface area contributed by atoms with Crippen LogP contribution in [-0.4, -0.2) is 49.7 Å². The van der Waals surface area contributed by atoms with E-state index in [2.05, 4.69) is 0 Å². The number of ether oxygens (including phenoxy) is 3. The second kappa shape index (κ2) is 9.80. The Morgan fingerprint density at radius 3 is 2.09 bits per heavy atom. The smallest absolute Gasteiger partial charge is 0.342 e. The molecule has 3 rings (SSSR count). The Labute approximate surface area is 198 Å². The van der Waals surface area contributed by atoms with Gasteiger partial charge in [0.05, 0.1) is 19.5 Å². The van der Waals surface area contributed by atoms with Crippen molar-refractivity contribution >= 4 is 33.6 Å². The highest BCUT2D eigenvalue weighted by Crippen LogP contribution is 2.52. The first kappa shape index (κ1) is 25.2. The van der Waals surface area contributed by atoms with E-state index in [4.69, 9.17) is 25.8 Å². The number of hydrogen-bond donors (Lipinski definition) is 0. The predicted octanol–water partition coefficient (Wildman–Crippen LogP) is 3.55. The standard InChI is InChI=1S/C23H26ClNO7S/c1-5-30-21(26)23(22(27)31-6-2)19(17-9-7-8-15(3)14-17)32-20(25(23)33(4,28)29)16-10-12-18(24)13-11-16/h7-14,19-20H,5-6H2,1-4H3/t19-,20+/m0/s1. The summed E-state index contributed by atoms with van der Waals surface area (Å²) in [6.07, 6.45) is -1.73. The molecule has 1 aliphatic heterocycles. The lowest BCUT2D eigenvalue weighted by Crippen LogP contribution is -2.62. The average molecular weight is 496 g/mol. The molecule has 1 aliphatic rings. The zero-order valence-corrected chi connectivity index (χ0v) is 20.4. The summed E-state index contributed by atoms with van der Waals surface area (Å²) in [4.78, 5) is 27.0. The van der Waals surface area contributed by atoms with Crippen LogP contribution in [-0.2, 0) is 33.8 Å². The molecule has 2 atom stereocenters. The largest absolute Gasteiger partial charge is 0.464 e. The van der Waals surface area contributed by atoms with Crippen LogP contribution in [0.15, 0.2) is 48.5 Å². The zero-order chi connectivity index (χ0) is 24.4. The number of halogens is 1. The third-order valence-electron chi connectivity index (χ3n) is 5.24. The Hall–Kier alpha value is -2.46. The summed E-state index contributed by atoms with van der Waals surface area (Å²) in [5.74, 6) is -2.14. The quantitative estimate of drug-likeness (QED) is 0.428. The molecule has 0 aliphatic carbocycles. The van der Waals surface area contributed by atoms with Crippen molar-refractivity contribution in [1.29, 1.82) is 0 Å². The van der Waals surface area contributed by atoms with Crippen LogP contribution in [0.4, 0.5) is 0 Å². The van der Waals surface area contributed by atoms with Crippen LogP contribution in [0.25, 0.3) is 0 Å². The van der Waals surface area contributed by atoms with E-state index in [1.54, 1.807) is 56.3 Å². The maximum absolute atomic E-state index is 13.5. The molecule has 1 heterocycles. The van der Waals surface area contributed by atoms with E-state index in [1.807, 2.05) is 13.0 Å². The highest BCUT2D eigenvalue weighted by molar-refractivity contribution is 7.88. The SMILES string of the molecule is CCOC(=O)C1(C(=O)OCC)[C@H](c2cccc(C)c2)O[C@H](c2ccc(Cl)cc2)N1S(C)(=O)=O. The number of esters is 2. The van der Waals surface area contributed by atoms with Gasteiger partial charge in [0.2, 0.25) is 10.0 Å². The molecule has 10 heteroatoms. The summed E-state index contributed by atoms with van der Waals surface area (Å²) in [7, 11) is -4.22. The van der Waals surface area contributed by atoms with Crippen LogP contribution < -0.4 is 0 Å². The van der Waals surface area contributed by atoms with Gasteiger partial charge >= 0.3 is 11.9 Å². The Bertz CT molecular complexity index is 1120. The Morgan fingerprint density at radius 2 is 1.61 bits per heavy atom. The van der Waals surface area contributed by atoms with Gasteiger partial charge in [-0.15, -0.1) is 4.31 Å². The molecule has 0 bridgehead atoms. The van der Waals surface area contributed by atoms with E-state index in [1.165, 1.54) is 0 Å². The number of rotatable bonds is 7. The van der Waals surface area contributed by atoms with Crippen LogP contribution in [0.2, 0.25) is 5.02 Å². The van der Waals surface area contributed by atoms with Crippen molar-refractivity contribution in [2.24, 2.45) is 0 Å². The van der Waals surface area contributed by atoms with Gasteiger partial charge in [0, 0.05) is 5.02 Å². The maximum atomic E-state index is 13.5. The van der Waals surface area contributed by atoms with E-state index < -0.39 is 39.8 Å². The fourth-order valence-corrected chi connectivity index (χ4v) is 5.39. The fraction of sp³-hybridized carbons (Fsp3) is 0.391. The molecule has 0 radical (unpaired) electrons. The number of hydrogen-bond acceptors (Lipinski definition) is 7. The Morgan fingerprint density at radius 1 is 1.03 bits per heavy atom. The van der Waals surface area contributed by atoms with Gasteiger partial charge in [-0.25, -0.2) is 18.0 Å². The molecule has 33 heavy (non-hydrogen) atoms. The molecule has 8 nitrogen and oxygen atoms in total. The van der Waals surface area contributed by atoms with Crippen molar-refractivity contribution in [3.05, 3.63) is 70.2 Å². The number of carbonyl (C=O) groups excluding carboxylic acids is 2. The second-order valence-corrected chi connectivity index (χ2v) is 9.90. The first-order chi connectivity index (χ1) is 15.6. The second-order valence-electron chi connectivity index (χ2n) is 7.60. The van der Waals surface area contributed by atoms with E-state index >= 15 is 0 Å². The van der Waals surface area contributed by atoms with Gasteiger partial charge in [0.1, 0.15) is 6.10 Å². The van der Waals surface area contributed by atoms with Crippen molar-refractivity contribution in [3.63, 3.8) is 0 Å². The van der Waals surface area contributed by atoms with Crippen molar-refractivity contribution in [3.8, 4) is 0 Å². The molecular weight excluding hydrogens is 470 g/mol. The molecule has 0 N–H and O–H groups in total. The summed E-state index contributed by atoms with van der Waals surface area (Å²) in [5.41, 5.74) is -0.782. The minimum atomic E-state index is -4.22. The van der Waals surface area contributed by atoms with Gasteiger partial charge in [0.25, 0.3) is 5.54 Å². The van der Waals surface area contributed by atoms with Gasteiger partial charge in [-0.2, -0.15) is 0 Å². The Balaban J connectivity index is 2.36. The molecule has 0 unspecified atom stereocenters. The molecule has 1 saturated heterocycles. The first-order valence-corrected chi connectivity index (χ1v) is 12.6. The van der Waals surface area contributed by atoms with E-state index in [0.29, 0.717) is 16.1 Å². The highest BCUT2D eigenvalue weighted by Gasteiger charge is 2.70. The summed E-state index contributed by atoms with van der Waals surface area (Å²) in [6, 6.07) is 13.2. The summed E-state index contributed by atoms with van der Waals surface area (Å²) in [5, 5.41) is 0.430. The number of aryl methyl sites for hydroxylation is 1. The fourth-order valence-electron chi connectivity index (χ4n) is 3.97. The molecule has 0 saturated carbocycles. The van der Waals surface area contributed by atoms with Gasteiger partial charge in [0.15, 0.2) is 6.23 Å². The average Bonchev–Trinajstić information content (AvgIpc) is 3.12. The Kier molecular flexibility index (Phi) is 7.48.